The van der Waals surface area contributed by atoms with Gasteiger partial charge in [0.05, 0.1) is 0 Å². The molecule has 0 fully saturated rings. The van der Waals surface area contributed by atoms with E-state index in [0.29, 0.717) is 11.4 Å². The van der Waals surface area contributed by atoms with Gasteiger partial charge in [-0.25, -0.2) is 0 Å². The summed E-state index contributed by atoms with van der Waals surface area (Å²) < 4.78 is 0. The predicted molar refractivity (Wildman–Crippen MR) is 108 cm³/mol. The highest BCUT2D eigenvalue weighted by molar-refractivity contribution is 6.43. The summed E-state index contributed by atoms with van der Waals surface area (Å²) in [5, 5.41) is 5.34. The van der Waals surface area contributed by atoms with Crippen molar-refractivity contribution in [3.8, 4) is 0 Å². The van der Waals surface area contributed by atoms with E-state index < -0.39 is 11.8 Å². The van der Waals surface area contributed by atoms with Crippen LogP contribution in [0.4, 0.5) is 17.1 Å². The number of hydrogen-bond acceptors (Lipinski definition) is 3. The van der Waals surface area contributed by atoms with Crippen LogP contribution in [0.25, 0.3) is 0 Å². The zero-order chi connectivity index (χ0) is 19.3. The molecule has 2 aromatic rings. The van der Waals surface area contributed by atoms with E-state index in [1.54, 1.807) is 0 Å². The first-order chi connectivity index (χ1) is 12.3. The van der Waals surface area contributed by atoms with Crippen LogP contribution in [0, 0.1) is 20.8 Å². The van der Waals surface area contributed by atoms with Crippen molar-refractivity contribution in [1.29, 1.82) is 0 Å². The molecule has 0 bridgehead atoms. The highest BCUT2D eigenvalue weighted by Gasteiger charge is 2.16. The van der Waals surface area contributed by atoms with Crippen LogP contribution in [-0.4, -0.2) is 24.9 Å². The summed E-state index contributed by atoms with van der Waals surface area (Å²) in [5.41, 5.74) is 5.34. The highest BCUT2D eigenvalue weighted by Crippen LogP contribution is 2.22. The summed E-state index contributed by atoms with van der Waals surface area (Å²) >= 11 is 0. The van der Waals surface area contributed by atoms with Gasteiger partial charge in [0, 0.05) is 30.2 Å². The molecule has 0 radical (unpaired) electrons. The lowest BCUT2D eigenvalue weighted by Crippen LogP contribution is -2.29. The van der Waals surface area contributed by atoms with Gasteiger partial charge in [-0.2, -0.15) is 0 Å². The molecule has 5 nitrogen and oxygen atoms in total. The Morgan fingerprint density at radius 2 is 1.42 bits per heavy atom. The average Bonchev–Trinajstić information content (AvgIpc) is 2.57. The third-order valence-corrected chi connectivity index (χ3v) is 4.27. The molecule has 138 valence electrons. The van der Waals surface area contributed by atoms with Crippen molar-refractivity contribution in [2.75, 3.05) is 28.6 Å². The molecule has 5 heteroatoms. The smallest absolute Gasteiger partial charge is 0.314 e. The predicted octanol–water partition coefficient (Wildman–Crippen LogP) is 4.04. The van der Waals surface area contributed by atoms with Crippen LogP contribution in [0.5, 0.6) is 0 Å². The fourth-order valence-electron chi connectivity index (χ4n) is 2.99. The molecule has 0 aromatic heterocycles. The molecule has 2 rings (SSSR count). The maximum Gasteiger partial charge on any atom is 0.314 e. The molecule has 0 aliphatic rings. The summed E-state index contributed by atoms with van der Waals surface area (Å²) in [7, 11) is 0. The van der Waals surface area contributed by atoms with E-state index in [-0.39, 0.29) is 0 Å². The second-order valence-electron chi connectivity index (χ2n) is 6.46. The molecule has 0 heterocycles. The third kappa shape index (κ3) is 4.85. The normalized spacial score (nSPS) is 10.3. The lowest BCUT2D eigenvalue weighted by molar-refractivity contribution is -0.133. The van der Waals surface area contributed by atoms with Gasteiger partial charge in [-0.15, -0.1) is 0 Å². The average molecular weight is 353 g/mol. The van der Waals surface area contributed by atoms with Crippen molar-refractivity contribution in [3.63, 3.8) is 0 Å². The minimum atomic E-state index is -0.679. The van der Waals surface area contributed by atoms with Gasteiger partial charge in [0.25, 0.3) is 0 Å². The highest BCUT2D eigenvalue weighted by atomic mass is 16.2. The van der Waals surface area contributed by atoms with Crippen molar-refractivity contribution in [1.82, 2.24) is 0 Å². The molecule has 0 saturated heterocycles. The lowest BCUT2D eigenvalue weighted by atomic mass is 10.1. The van der Waals surface area contributed by atoms with Crippen molar-refractivity contribution in [2.45, 2.75) is 34.6 Å². The van der Waals surface area contributed by atoms with Crippen LogP contribution in [-0.2, 0) is 9.59 Å². The SMILES string of the molecule is CCN(CC)c1ccc(NC(=O)C(=O)Nc2cc(C)cc(C)c2)c(C)c1. The fourth-order valence-corrected chi connectivity index (χ4v) is 2.99. The largest absolute Gasteiger partial charge is 0.372 e. The first-order valence-corrected chi connectivity index (χ1v) is 8.90. The maximum atomic E-state index is 12.2. The number of benzene rings is 2. The van der Waals surface area contributed by atoms with Crippen molar-refractivity contribution in [3.05, 3.63) is 53.1 Å². The molecule has 0 unspecified atom stereocenters. The van der Waals surface area contributed by atoms with Crippen LogP contribution in [0.2, 0.25) is 0 Å². The number of carbonyl (C=O) groups excluding carboxylic acids is 2. The number of carbonyl (C=O) groups is 2. The summed E-state index contributed by atoms with van der Waals surface area (Å²) in [5.74, 6) is -1.36. The summed E-state index contributed by atoms with van der Waals surface area (Å²) in [6.07, 6.45) is 0. The molecule has 2 aromatic carbocycles. The molecule has 0 aliphatic heterocycles. The second kappa shape index (κ2) is 8.52. The second-order valence-corrected chi connectivity index (χ2v) is 6.46. The molecule has 2 N–H and O–H groups in total. The van der Waals surface area contributed by atoms with Crippen LogP contribution >= 0.6 is 0 Å². The monoisotopic (exact) mass is 353 g/mol. The Morgan fingerprint density at radius 3 is 1.96 bits per heavy atom. The van der Waals surface area contributed by atoms with Crippen LogP contribution < -0.4 is 15.5 Å². The molecule has 2 amide bonds. The molecule has 26 heavy (non-hydrogen) atoms. The lowest BCUT2D eigenvalue weighted by Gasteiger charge is -2.22. The minimum absolute atomic E-state index is 0.622. The topological polar surface area (TPSA) is 61.4 Å². The zero-order valence-corrected chi connectivity index (χ0v) is 16.1. The van der Waals surface area contributed by atoms with Crippen molar-refractivity contribution < 1.29 is 9.59 Å². The van der Waals surface area contributed by atoms with Gasteiger partial charge in [-0.3, -0.25) is 9.59 Å². The van der Waals surface area contributed by atoms with Crippen molar-refractivity contribution >= 4 is 28.9 Å². The first-order valence-electron chi connectivity index (χ1n) is 8.90. The van der Waals surface area contributed by atoms with Gasteiger partial charge in [0.1, 0.15) is 0 Å². The van der Waals surface area contributed by atoms with Gasteiger partial charge < -0.3 is 15.5 Å². The Kier molecular flexibility index (Phi) is 6.39. The van der Waals surface area contributed by atoms with Gasteiger partial charge in [0.2, 0.25) is 0 Å². The van der Waals surface area contributed by atoms with Gasteiger partial charge in [0.15, 0.2) is 0 Å². The standard InChI is InChI=1S/C21H27N3O2/c1-6-24(7-2)18-8-9-19(16(5)13-18)23-21(26)20(25)22-17-11-14(3)10-15(4)12-17/h8-13H,6-7H2,1-5H3,(H,22,25)(H,23,26). The number of rotatable bonds is 5. The molecule has 0 aliphatic carbocycles. The number of aryl methyl sites for hydroxylation is 3. The molecular weight excluding hydrogens is 326 g/mol. The third-order valence-electron chi connectivity index (χ3n) is 4.27. The van der Waals surface area contributed by atoms with Crippen LogP contribution in [0.15, 0.2) is 36.4 Å². The Hall–Kier alpha value is -2.82. The van der Waals surface area contributed by atoms with E-state index in [9.17, 15) is 9.59 Å². The Labute approximate surface area is 155 Å². The Bertz CT molecular complexity index is 791. The van der Waals surface area contributed by atoms with E-state index in [0.717, 1.165) is 35.5 Å². The van der Waals surface area contributed by atoms with Crippen LogP contribution in [0.1, 0.15) is 30.5 Å². The van der Waals surface area contributed by atoms with Crippen LogP contribution in [0.3, 0.4) is 0 Å². The van der Waals surface area contributed by atoms with E-state index in [2.05, 4.69) is 29.4 Å². The molecular formula is C21H27N3O2. The zero-order valence-electron chi connectivity index (χ0n) is 16.1. The summed E-state index contributed by atoms with van der Waals surface area (Å²) in [4.78, 5) is 26.7. The number of hydrogen-bond donors (Lipinski definition) is 2. The van der Waals surface area contributed by atoms with Crippen molar-refractivity contribution in [2.24, 2.45) is 0 Å². The van der Waals surface area contributed by atoms with E-state index in [4.69, 9.17) is 0 Å². The number of nitrogens with one attached hydrogen (secondary N) is 2. The van der Waals surface area contributed by atoms with E-state index in [1.807, 2.05) is 57.2 Å². The quantitative estimate of drug-likeness (QED) is 0.798. The van der Waals surface area contributed by atoms with Gasteiger partial charge in [-0.05, 0) is 81.6 Å². The summed E-state index contributed by atoms with van der Waals surface area (Å²) in [6, 6.07) is 11.5. The molecule has 0 saturated carbocycles. The van der Waals surface area contributed by atoms with Gasteiger partial charge >= 0.3 is 11.8 Å². The number of nitrogens with zero attached hydrogens (tertiary/aromatic N) is 1. The Morgan fingerprint density at radius 1 is 0.846 bits per heavy atom. The fraction of sp³-hybridized carbons (Fsp3) is 0.333. The molecule has 0 spiro atoms. The summed E-state index contributed by atoms with van der Waals surface area (Å²) in [6.45, 7) is 11.9. The number of amides is 2. The first kappa shape index (κ1) is 19.5. The Balaban J connectivity index is 2.07. The number of anilines is 3. The maximum absolute atomic E-state index is 12.2. The van der Waals surface area contributed by atoms with E-state index in [1.165, 1.54) is 0 Å². The van der Waals surface area contributed by atoms with Gasteiger partial charge in [-0.1, -0.05) is 6.07 Å². The minimum Gasteiger partial charge on any atom is -0.372 e. The van der Waals surface area contributed by atoms with E-state index >= 15 is 0 Å². The molecule has 0 atom stereocenters.